The van der Waals surface area contributed by atoms with Crippen LogP contribution in [0.5, 0.6) is 0 Å². The first-order chi connectivity index (χ1) is 8.97. The molecule has 0 aromatic carbocycles. The molecule has 0 spiro atoms. The van der Waals surface area contributed by atoms with E-state index in [2.05, 4.69) is 24.1 Å². The second-order valence-electron chi connectivity index (χ2n) is 5.78. The number of amides is 1. The van der Waals surface area contributed by atoms with Crippen LogP contribution >= 0.6 is 11.6 Å². The molecule has 2 rings (SSSR count). The third kappa shape index (κ3) is 3.47. The van der Waals surface area contributed by atoms with E-state index in [9.17, 15) is 4.79 Å². The van der Waals surface area contributed by atoms with E-state index in [1.165, 1.54) is 12.8 Å². The van der Waals surface area contributed by atoms with Gasteiger partial charge in [0.15, 0.2) is 0 Å². The monoisotopic (exact) mass is 280 g/mol. The van der Waals surface area contributed by atoms with Crippen molar-refractivity contribution in [3.05, 3.63) is 28.5 Å². The van der Waals surface area contributed by atoms with E-state index in [1.54, 1.807) is 12.3 Å². The van der Waals surface area contributed by atoms with Crippen LogP contribution in [0.4, 0.5) is 0 Å². The van der Waals surface area contributed by atoms with Gasteiger partial charge in [-0.05, 0) is 44.1 Å². The van der Waals surface area contributed by atoms with Crippen LogP contribution in [0.3, 0.4) is 0 Å². The molecule has 1 aliphatic rings. The number of hydrogen-bond donors (Lipinski definition) is 1. The van der Waals surface area contributed by atoms with E-state index in [0.29, 0.717) is 16.5 Å². The summed E-state index contributed by atoms with van der Waals surface area (Å²) in [5.74, 6) is 1.17. The molecule has 0 saturated heterocycles. The van der Waals surface area contributed by atoms with Crippen molar-refractivity contribution in [2.45, 2.75) is 46.1 Å². The number of rotatable bonds is 2. The second-order valence-corrected chi connectivity index (χ2v) is 6.19. The van der Waals surface area contributed by atoms with Gasteiger partial charge in [-0.15, -0.1) is 0 Å². The Balaban J connectivity index is 2.04. The van der Waals surface area contributed by atoms with Gasteiger partial charge in [0.25, 0.3) is 5.91 Å². The van der Waals surface area contributed by atoms with Crippen LogP contribution in [0.2, 0.25) is 5.02 Å². The highest BCUT2D eigenvalue weighted by molar-refractivity contribution is 6.33. The van der Waals surface area contributed by atoms with Gasteiger partial charge in [-0.25, -0.2) is 0 Å². The molecule has 3 unspecified atom stereocenters. The van der Waals surface area contributed by atoms with Crippen LogP contribution < -0.4 is 5.32 Å². The fourth-order valence-corrected chi connectivity index (χ4v) is 3.11. The van der Waals surface area contributed by atoms with Crippen LogP contribution in [0.1, 0.15) is 49.2 Å². The lowest BCUT2D eigenvalue weighted by atomic mass is 9.80. The molecule has 104 valence electrons. The topological polar surface area (TPSA) is 42.0 Å². The standard InChI is InChI=1S/C15H21ClN2O/c1-9-4-5-14(10(2)6-9)18-15(19)12-8-17-11(3)7-13(12)16/h7-10,14H,4-6H2,1-3H3,(H,18,19). The number of aromatic nitrogens is 1. The number of aryl methyl sites for hydroxylation is 1. The van der Waals surface area contributed by atoms with E-state index in [1.807, 2.05) is 6.92 Å². The summed E-state index contributed by atoms with van der Waals surface area (Å²) in [6.07, 6.45) is 4.95. The second kappa shape index (κ2) is 5.91. The van der Waals surface area contributed by atoms with Gasteiger partial charge in [-0.2, -0.15) is 0 Å². The molecule has 3 nitrogen and oxygen atoms in total. The predicted octanol–water partition coefficient (Wildman–Crippen LogP) is 3.60. The highest BCUT2D eigenvalue weighted by atomic mass is 35.5. The SMILES string of the molecule is Cc1cc(Cl)c(C(=O)NC2CCC(C)CC2C)cn1. The minimum Gasteiger partial charge on any atom is -0.349 e. The first-order valence-corrected chi connectivity index (χ1v) is 7.28. The predicted molar refractivity (Wildman–Crippen MR) is 77.4 cm³/mol. The Bertz CT molecular complexity index is 475. The van der Waals surface area contributed by atoms with E-state index in [0.717, 1.165) is 18.0 Å². The van der Waals surface area contributed by atoms with Crippen molar-refractivity contribution >= 4 is 17.5 Å². The molecular formula is C15H21ClN2O. The smallest absolute Gasteiger partial charge is 0.254 e. The molecule has 3 atom stereocenters. The first kappa shape index (κ1) is 14.3. The summed E-state index contributed by atoms with van der Waals surface area (Å²) in [6, 6.07) is 1.98. The zero-order valence-corrected chi connectivity index (χ0v) is 12.5. The third-order valence-electron chi connectivity index (χ3n) is 3.98. The van der Waals surface area contributed by atoms with Gasteiger partial charge in [-0.1, -0.05) is 25.4 Å². The molecular weight excluding hydrogens is 260 g/mol. The number of hydrogen-bond acceptors (Lipinski definition) is 2. The first-order valence-electron chi connectivity index (χ1n) is 6.90. The fourth-order valence-electron chi connectivity index (χ4n) is 2.82. The molecule has 1 amide bonds. The Morgan fingerprint density at radius 1 is 1.42 bits per heavy atom. The van der Waals surface area contributed by atoms with Gasteiger partial charge in [0, 0.05) is 17.9 Å². The average molecular weight is 281 g/mol. The maximum atomic E-state index is 12.2. The van der Waals surface area contributed by atoms with Gasteiger partial charge in [-0.3, -0.25) is 9.78 Å². The molecule has 19 heavy (non-hydrogen) atoms. The molecule has 1 heterocycles. The highest BCUT2D eigenvalue weighted by Crippen LogP contribution is 2.29. The Hall–Kier alpha value is -1.09. The number of pyridine rings is 1. The summed E-state index contributed by atoms with van der Waals surface area (Å²) < 4.78 is 0. The van der Waals surface area contributed by atoms with E-state index in [4.69, 9.17) is 11.6 Å². The lowest BCUT2D eigenvalue weighted by Gasteiger charge is -2.33. The molecule has 1 N–H and O–H groups in total. The zero-order valence-electron chi connectivity index (χ0n) is 11.7. The zero-order chi connectivity index (χ0) is 14.0. The van der Waals surface area contributed by atoms with E-state index < -0.39 is 0 Å². The molecule has 1 aromatic heterocycles. The van der Waals surface area contributed by atoms with Crippen molar-refractivity contribution in [2.24, 2.45) is 11.8 Å². The van der Waals surface area contributed by atoms with E-state index >= 15 is 0 Å². The van der Waals surface area contributed by atoms with Crippen LogP contribution in [0.25, 0.3) is 0 Å². The molecule has 4 heteroatoms. The normalized spacial score (nSPS) is 27.1. The van der Waals surface area contributed by atoms with Gasteiger partial charge in [0.05, 0.1) is 10.6 Å². The number of nitrogens with zero attached hydrogens (tertiary/aromatic N) is 1. The van der Waals surface area contributed by atoms with Gasteiger partial charge in [0.1, 0.15) is 0 Å². The quantitative estimate of drug-likeness (QED) is 0.899. The van der Waals surface area contributed by atoms with Crippen LogP contribution in [0.15, 0.2) is 12.3 Å². The molecule has 0 aliphatic heterocycles. The van der Waals surface area contributed by atoms with Gasteiger partial charge in [0.2, 0.25) is 0 Å². The highest BCUT2D eigenvalue weighted by Gasteiger charge is 2.27. The Morgan fingerprint density at radius 2 is 2.16 bits per heavy atom. The third-order valence-corrected chi connectivity index (χ3v) is 4.30. The van der Waals surface area contributed by atoms with Crippen LogP contribution in [-0.4, -0.2) is 16.9 Å². The Kier molecular flexibility index (Phi) is 4.46. The largest absolute Gasteiger partial charge is 0.349 e. The minimum atomic E-state index is -0.107. The molecule has 1 fully saturated rings. The summed E-state index contributed by atoms with van der Waals surface area (Å²) in [7, 11) is 0. The summed E-state index contributed by atoms with van der Waals surface area (Å²) in [6.45, 7) is 6.34. The van der Waals surface area contributed by atoms with Crippen molar-refractivity contribution in [1.82, 2.24) is 10.3 Å². The van der Waals surface area contributed by atoms with Crippen LogP contribution in [0, 0.1) is 18.8 Å². The molecule has 1 saturated carbocycles. The lowest BCUT2D eigenvalue weighted by Crippen LogP contribution is -2.42. The number of carbonyl (C=O) groups excluding carboxylic acids is 1. The van der Waals surface area contributed by atoms with Crippen molar-refractivity contribution < 1.29 is 4.79 Å². The number of nitrogens with one attached hydrogen (secondary N) is 1. The summed E-state index contributed by atoms with van der Waals surface area (Å²) in [4.78, 5) is 16.4. The van der Waals surface area contributed by atoms with Crippen molar-refractivity contribution in [3.8, 4) is 0 Å². The average Bonchev–Trinajstić information content (AvgIpc) is 2.32. The molecule has 0 radical (unpaired) electrons. The number of carbonyl (C=O) groups is 1. The van der Waals surface area contributed by atoms with Crippen molar-refractivity contribution in [2.75, 3.05) is 0 Å². The van der Waals surface area contributed by atoms with Gasteiger partial charge < -0.3 is 5.32 Å². The molecule has 1 aromatic rings. The maximum absolute atomic E-state index is 12.2. The fraction of sp³-hybridized carbons (Fsp3) is 0.600. The van der Waals surface area contributed by atoms with Crippen LogP contribution in [-0.2, 0) is 0 Å². The maximum Gasteiger partial charge on any atom is 0.254 e. The van der Waals surface area contributed by atoms with Crippen molar-refractivity contribution in [3.63, 3.8) is 0 Å². The number of halogens is 1. The Labute approximate surface area is 119 Å². The minimum absolute atomic E-state index is 0.107. The van der Waals surface area contributed by atoms with Gasteiger partial charge >= 0.3 is 0 Å². The molecule has 1 aliphatic carbocycles. The Morgan fingerprint density at radius 3 is 2.79 bits per heavy atom. The summed E-state index contributed by atoms with van der Waals surface area (Å²) in [5.41, 5.74) is 1.29. The molecule has 0 bridgehead atoms. The van der Waals surface area contributed by atoms with Crippen molar-refractivity contribution in [1.29, 1.82) is 0 Å². The van der Waals surface area contributed by atoms with E-state index in [-0.39, 0.29) is 11.9 Å². The summed E-state index contributed by atoms with van der Waals surface area (Å²) >= 11 is 6.10. The lowest BCUT2D eigenvalue weighted by molar-refractivity contribution is 0.0899. The summed E-state index contributed by atoms with van der Waals surface area (Å²) in [5, 5.41) is 3.58.